The van der Waals surface area contributed by atoms with Crippen LogP contribution < -0.4 is 5.56 Å². The van der Waals surface area contributed by atoms with Crippen molar-refractivity contribution in [3.05, 3.63) is 21.6 Å². The third kappa shape index (κ3) is 3.18. The summed E-state index contributed by atoms with van der Waals surface area (Å²) in [7, 11) is 0. The van der Waals surface area contributed by atoms with Gasteiger partial charge >= 0.3 is 0 Å². The highest BCUT2D eigenvalue weighted by Gasteiger charge is 2.32. The molecule has 1 aromatic rings. The molecule has 0 aliphatic carbocycles. The van der Waals surface area contributed by atoms with Gasteiger partial charge in [-0.05, 0) is 32.1 Å². The van der Waals surface area contributed by atoms with E-state index in [4.69, 9.17) is 0 Å². The molecule has 0 bridgehead atoms. The fourth-order valence-electron chi connectivity index (χ4n) is 3.44. The Balaban J connectivity index is 1.80. The molecule has 0 N–H and O–H groups in total. The third-order valence-electron chi connectivity index (χ3n) is 5.05. The van der Waals surface area contributed by atoms with Gasteiger partial charge in [0.15, 0.2) is 5.16 Å². The van der Waals surface area contributed by atoms with Crippen LogP contribution >= 0.6 is 11.8 Å². The summed E-state index contributed by atoms with van der Waals surface area (Å²) >= 11 is 1.54. The van der Waals surface area contributed by atoms with Crippen molar-refractivity contribution in [3.8, 4) is 0 Å². The van der Waals surface area contributed by atoms with Gasteiger partial charge in [0.25, 0.3) is 5.56 Å². The quantitative estimate of drug-likeness (QED) is 0.777. The van der Waals surface area contributed by atoms with Crippen LogP contribution in [-0.2, 0) is 17.8 Å². The molecule has 0 radical (unpaired) electrons. The summed E-state index contributed by atoms with van der Waals surface area (Å²) in [6.07, 6.45) is 2.86. The lowest BCUT2D eigenvalue weighted by molar-refractivity contribution is -0.136. The summed E-state index contributed by atoms with van der Waals surface area (Å²) in [5.41, 5.74) is 1.63. The van der Waals surface area contributed by atoms with E-state index in [2.05, 4.69) is 11.9 Å². The highest BCUT2D eigenvalue weighted by atomic mass is 32.2. The van der Waals surface area contributed by atoms with Crippen LogP contribution in [0.15, 0.2) is 9.95 Å². The molecule has 1 saturated heterocycles. The molecule has 1 unspecified atom stereocenters. The van der Waals surface area contributed by atoms with Crippen molar-refractivity contribution in [1.29, 1.82) is 0 Å². The number of aromatic nitrogens is 2. The molecule has 1 amide bonds. The SMILES string of the molecule is CCc1c(C)nc2n(c1=O)CC(C(=O)N1CCC(C)CC1)CS2. The number of rotatable bonds is 2. The molecule has 1 aromatic heterocycles. The fraction of sp³-hybridized carbons (Fsp3) is 0.706. The van der Waals surface area contributed by atoms with E-state index in [0.717, 1.165) is 48.1 Å². The molecular formula is C17H25N3O2S. The standard InChI is InChI=1S/C17H25N3O2S/c1-4-14-12(3)18-17-20(16(14)22)9-13(10-23-17)15(21)19-7-5-11(2)6-8-19/h11,13H,4-10H2,1-3H3. The Morgan fingerprint density at radius 1 is 1.35 bits per heavy atom. The Bertz CT molecular complexity index is 663. The second-order valence-corrected chi connectivity index (χ2v) is 7.73. The van der Waals surface area contributed by atoms with Gasteiger partial charge in [-0.2, -0.15) is 0 Å². The number of thioether (sulfide) groups is 1. The summed E-state index contributed by atoms with van der Waals surface area (Å²) < 4.78 is 1.72. The lowest BCUT2D eigenvalue weighted by atomic mass is 9.98. The lowest BCUT2D eigenvalue weighted by Gasteiger charge is -2.34. The summed E-state index contributed by atoms with van der Waals surface area (Å²) in [5.74, 6) is 1.54. The average molecular weight is 335 g/mol. The summed E-state index contributed by atoms with van der Waals surface area (Å²) in [6.45, 7) is 8.31. The molecule has 3 rings (SSSR count). The molecule has 5 nitrogen and oxygen atoms in total. The van der Waals surface area contributed by atoms with Gasteiger partial charge in [0.2, 0.25) is 5.91 Å². The van der Waals surface area contributed by atoms with Crippen molar-refractivity contribution in [1.82, 2.24) is 14.5 Å². The molecule has 2 aliphatic heterocycles. The summed E-state index contributed by atoms with van der Waals surface area (Å²) in [6, 6.07) is 0. The Kier molecular flexibility index (Phi) is 4.80. The van der Waals surface area contributed by atoms with E-state index in [1.807, 2.05) is 18.7 Å². The molecule has 0 spiro atoms. The molecule has 1 fully saturated rings. The van der Waals surface area contributed by atoms with Crippen LogP contribution in [0.25, 0.3) is 0 Å². The molecular weight excluding hydrogens is 310 g/mol. The first kappa shape index (κ1) is 16.6. The lowest BCUT2D eigenvalue weighted by Crippen LogP contribution is -2.45. The zero-order chi connectivity index (χ0) is 16.6. The van der Waals surface area contributed by atoms with E-state index in [-0.39, 0.29) is 17.4 Å². The normalized spacial score (nSPS) is 22.0. The van der Waals surface area contributed by atoms with Crippen LogP contribution in [0.1, 0.15) is 37.9 Å². The van der Waals surface area contributed by atoms with Crippen LogP contribution in [0.5, 0.6) is 0 Å². The second-order valence-electron chi connectivity index (χ2n) is 6.74. The molecule has 0 saturated carbocycles. The second kappa shape index (κ2) is 6.67. The Labute approximate surface area is 141 Å². The molecule has 1 atom stereocenters. The van der Waals surface area contributed by atoms with Gasteiger partial charge in [-0.15, -0.1) is 0 Å². The number of hydrogen-bond donors (Lipinski definition) is 0. The number of nitrogens with zero attached hydrogens (tertiary/aromatic N) is 3. The van der Waals surface area contributed by atoms with Crippen LogP contribution in [0.4, 0.5) is 0 Å². The van der Waals surface area contributed by atoms with Gasteiger partial charge in [0.05, 0.1) is 5.92 Å². The van der Waals surface area contributed by atoms with Gasteiger partial charge in [0.1, 0.15) is 0 Å². The minimum absolute atomic E-state index is 0.0345. The number of fused-ring (bicyclic) bond motifs is 1. The number of piperidine rings is 1. The van der Waals surface area contributed by atoms with Crippen LogP contribution in [0.2, 0.25) is 0 Å². The molecule has 23 heavy (non-hydrogen) atoms. The number of likely N-dealkylation sites (tertiary alicyclic amines) is 1. The van der Waals surface area contributed by atoms with E-state index in [9.17, 15) is 9.59 Å². The minimum atomic E-state index is -0.104. The average Bonchev–Trinajstić information content (AvgIpc) is 2.55. The van der Waals surface area contributed by atoms with Gasteiger partial charge in [0, 0.05) is 36.6 Å². The van der Waals surface area contributed by atoms with Crippen molar-refractivity contribution in [2.45, 2.75) is 51.7 Å². The monoisotopic (exact) mass is 335 g/mol. The smallest absolute Gasteiger partial charge is 0.257 e. The fourth-order valence-corrected chi connectivity index (χ4v) is 4.55. The van der Waals surface area contributed by atoms with Gasteiger partial charge < -0.3 is 4.90 Å². The Hall–Kier alpha value is -1.30. The highest BCUT2D eigenvalue weighted by Crippen LogP contribution is 2.28. The molecule has 2 aliphatic rings. The molecule has 6 heteroatoms. The zero-order valence-electron chi connectivity index (χ0n) is 14.2. The number of aryl methyl sites for hydroxylation is 1. The predicted molar refractivity (Wildman–Crippen MR) is 91.8 cm³/mol. The third-order valence-corrected chi connectivity index (χ3v) is 6.19. The molecule has 3 heterocycles. The van der Waals surface area contributed by atoms with Gasteiger partial charge in [-0.25, -0.2) is 4.98 Å². The van der Waals surface area contributed by atoms with Crippen molar-refractivity contribution in [3.63, 3.8) is 0 Å². The first-order valence-electron chi connectivity index (χ1n) is 8.53. The minimum Gasteiger partial charge on any atom is -0.342 e. The predicted octanol–water partition coefficient (Wildman–Crippen LogP) is 2.09. The maximum Gasteiger partial charge on any atom is 0.257 e. The van der Waals surface area contributed by atoms with Crippen molar-refractivity contribution < 1.29 is 4.79 Å². The number of hydrogen-bond acceptors (Lipinski definition) is 4. The van der Waals surface area contributed by atoms with Crippen LogP contribution in [0.3, 0.4) is 0 Å². The number of amides is 1. The van der Waals surface area contributed by atoms with Gasteiger partial charge in [-0.1, -0.05) is 25.6 Å². The maximum absolute atomic E-state index is 12.8. The van der Waals surface area contributed by atoms with E-state index in [0.29, 0.717) is 18.9 Å². The topological polar surface area (TPSA) is 55.2 Å². The number of carbonyl (C=O) groups excluding carboxylic acids is 1. The highest BCUT2D eigenvalue weighted by molar-refractivity contribution is 7.99. The maximum atomic E-state index is 12.8. The largest absolute Gasteiger partial charge is 0.342 e. The first-order chi connectivity index (χ1) is 11.0. The Morgan fingerprint density at radius 3 is 2.70 bits per heavy atom. The van der Waals surface area contributed by atoms with E-state index in [1.165, 1.54) is 0 Å². The molecule has 0 aromatic carbocycles. The van der Waals surface area contributed by atoms with Crippen LogP contribution in [0, 0.1) is 18.8 Å². The number of carbonyl (C=O) groups is 1. The summed E-state index contributed by atoms with van der Waals surface area (Å²) in [4.78, 5) is 32.0. The van der Waals surface area contributed by atoms with Gasteiger partial charge in [-0.3, -0.25) is 14.2 Å². The first-order valence-corrected chi connectivity index (χ1v) is 9.51. The zero-order valence-corrected chi connectivity index (χ0v) is 15.0. The van der Waals surface area contributed by atoms with E-state index < -0.39 is 0 Å². The van der Waals surface area contributed by atoms with Crippen molar-refractivity contribution >= 4 is 17.7 Å². The van der Waals surface area contributed by atoms with Crippen molar-refractivity contribution in [2.75, 3.05) is 18.8 Å². The van der Waals surface area contributed by atoms with Crippen molar-refractivity contribution in [2.24, 2.45) is 11.8 Å². The van der Waals surface area contributed by atoms with E-state index >= 15 is 0 Å². The molecule has 126 valence electrons. The van der Waals surface area contributed by atoms with E-state index in [1.54, 1.807) is 16.3 Å². The summed E-state index contributed by atoms with van der Waals surface area (Å²) in [5, 5.41) is 0.765. The Morgan fingerprint density at radius 2 is 2.04 bits per heavy atom. The van der Waals surface area contributed by atoms with Crippen LogP contribution in [-0.4, -0.2) is 39.2 Å².